The fourth-order valence-electron chi connectivity index (χ4n) is 0.206. The van der Waals surface area contributed by atoms with E-state index in [0.29, 0.717) is 4.80 Å². The Hall–Kier alpha value is -0.310. The standard InChI is InChI=1S/C3H2BrNO/c4-3-5-1-2-6-3/h1-2H. The molecule has 6 heavy (non-hydrogen) atoms. The number of hydrogen-bond acceptors (Lipinski definition) is 2. The Kier molecular flexibility index (Phi) is 0.919. The Bertz CT molecular complexity index is 114. The van der Waals surface area contributed by atoms with Crippen molar-refractivity contribution in [1.29, 1.82) is 0 Å². The first kappa shape index (κ1) is 3.87. The quantitative estimate of drug-likeness (QED) is 0.556. The average Bonchev–Trinajstić information content (AvgIpc) is 1.86. The van der Waals surface area contributed by atoms with Gasteiger partial charge >= 0.3 is 0 Å². The highest BCUT2D eigenvalue weighted by Gasteiger charge is 1.80. The van der Waals surface area contributed by atoms with Crippen molar-refractivity contribution in [1.82, 2.24) is 4.98 Å². The van der Waals surface area contributed by atoms with Crippen molar-refractivity contribution < 1.29 is 4.42 Å². The molecule has 3 heteroatoms. The SMILES string of the molecule is Brc1ncco1. The summed E-state index contributed by atoms with van der Waals surface area (Å²) in [7, 11) is 0. The van der Waals surface area contributed by atoms with Crippen LogP contribution in [-0.2, 0) is 0 Å². The molecule has 32 valence electrons. The van der Waals surface area contributed by atoms with Crippen LogP contribution in [0.1, 0.15) is 0 Å². The third kappa shape index (κ3) is 0.597. The van der Waals surface area contributed by atoms with E-state index in [0.717, 1.165) is 0 Å². The second kappa shape index (κ2) is 1.43. The highest BCUT2D eigenvalue weighted by Crippen LogP contribution is 2.01. The van der Waals surface area contributed by atoms with Gasteiger partial charge in [-0.25, -0.2) is 4.98 Å². The maximum absolute atomic E-state index is 4.64. The number of hydrogen-bond donors (Lipinski definition) is 0. The van der Waals surface area contributed by atoms with E-state index in [1.807, 2.05) is 0 Å². The predicted molar refractivity (Wildman–Crippen MR) is 24.2 cm³/mol. The zero-order valence-corrected chi connectivity index (χ0v) is 4.47. The molecule has 0 radical (unpaired) electrons. The molecule has 2 nitrogen and oxygen atoms in total. The Morgan fingerprint density at radius 1 is 1.83 bits per heavy atom. The summed E-state index contributed by atoms with van der Waals surface area (Å²) < 4.78 is 4.64. The van der Waals surface area contributed by atoms with Crippen molar-refractivity contribution in [2.24, 2.45) is 0 Å². The van der Waals surface area contributed by atoms with Gasteiger partial charge in [0.25, 0.3) is 4.80 Å². The van der Waals surface area contributed by atoms with E-state index in [1.165, 1.54) is 6.26 Å². The lowest BCUT2D eigenvalue weighted by Crippen LogP contribution is -1.50. The molecule has 0 saturated carbocycles. The molecule has 0 amide bonds. The van der Waals surface area contributed by atoms with Gasteiger partial charge in [-0.05, 0) is 0 Å². The Labute approximate surface area is 43.3 Å². The zero-order chi connectivity index (χ0) is 4.41. The molecule has 0 N–H and O–H groups in total. The maximum Gasteiger partial charge on any atom is 0.263 e. The zero-order valence-electron chi connectivity index (χ0n) is 2.89. The van der Waals surface area contributed by atoms with Crippen LogP contribution in [0.25, 0.3) is 0 Å². The van der Waals surface area contributed by atoms with E-state index in [9.17, 15) is 0 Å². The highest BCUT2D eigenvalue weighted by molar-refractivity contribution is 9.10. The smallest absolute Gasteiger partial charge is 0.263 e. The number of rotatable bonds is 0. The lowest BCUT2D eigenvalue weighted by molar-refractivity contribution is 0.529. The van der Waals surface area contributed by atoms with Crippen LogP contribution >= 0.6 is 15.9 Å². The molecule has 0 bridgehead atoms. The van der Waals surface area contributed by atoms with E-state index in [-0.39, 0.29) is 0 Å². The summed E-state index contributed by atoms with van der Waals surface area (Å²) in [5.41, 5.74) is 0. The molecule has 1 rings (SSSR count). The molecule has 0 aromatic carbocycles. The molecule has 0 aliphatic rings. The number of nitrogens with zero attached hydrogens (tertiary/aromatic N) is 1. The van der Waals surface area contributed by atoms with Crippen LogP contribution in [0.5, 0.6) is 0 Å². The largest absolute Gasteiger partial charge is 0.440 e. The van der Waals surface area contributed by atoms with E-state index >= 15 is 0 Å². The van der Waals surface area contributed by atoms with E-state index in [4.69, 9.17) is 0 Å². The summed E-state index contributed by atoms with van der Waals surface area (Å²) >= 11 is 3.00. The predicted octanol–water partition coefficient (Wildman–Crippen LogP) is 1.44. The fourth-order valence-corrected chi connectivity index (χ4v) is 0.432. The minimum Gasteiger partial charge on any atom is -0.440 e. The van der Waals surface area contributed by atoms with Crippen molar-refractivity contribution in [3.8, 4) is 0 Å². The number of halogens is 1. The summed E-state index contributed by atoms with van der Waals surface area (Å²) in [6, 6.07) is 0. The van der Waals surface area contributed by atoms with Crippen molar-refractivity contribution >= 4 is 15.9 Å². The highest BCUT2D eigenvalue weighted by atomic mass is 79.9. The fraction of sp³-hybridized carbons (Fsp3) is 0. The average molecular weight is 148 g/mol. The first-order valence-electron chi connectivity index (χ1n) is 1.44. The molecule has 1 aromatic rings. The molecule has 0 aliphatic carbocycles. The van der Waals surface area contributed by atoms with Crippen LogP contribution in [0.3, 0.4) is 0 Å². The van der Waals surface area contributed by atoms with Gasteiger partial charge in [-0.1, -0.05) is 0 Å². The van der Waals surface area contributed by atoms with E-state index in [1.54, 1.807) is 6.20 Å². The first-order chi connectivity index (χ1) is 2.89. The second-order valence-electron chi connectivity index (χ2n) is 0.785. The third-order valence-electron chi connectivity index (χ3n) is 0.402. The molecule has 0 saturated heterocycles. The van der Waals surface area contributed by atoms with E-state index < -0.39 is 0 Å². The van der Waals surface area contributed by atoms with Gasteiger partial charge < -0.3 is 4.42 Å². The van der Waals surface area contributed by atoms with Gasteiger partial charge in [-0.2, -0.15) is 0 Å². The molecule has 0 fully saturated rings. The Morgan fingerprint density at radius 2 is 2.67 bits per heavy atom. The second-order valence-corrected chi connectivity index (χ2v) is 1.46. The van der Waals surface area contributed by atoms with Crippen LogP contribution in [-0.4, -0.2) is 4.98 Å². The molecule has 1 aromatic heterocycles. The molecule has 0 aliphatic heterocycles. The molecule has 1 heterocycles. The molecule has 0 atom stereocenters. The van der Waals surface area contributed by atoms with Gasteiger partial charge in [0.05, 0.1) is 6.20 Å². The molecular formula is C3H2BrNO. The molecular weight excluding hydrogens is 146 g/mol. The summed E-state index contributed by atoms with van der Waals surface area (Å²) in [6.07, 6.45) is 3.08. The number of aromatic nitrogens is 1. The van der Waals surface area contributed by atoms with Crippen molar-refractivity contribution in [3.05, 3.63) is 17.3 Å². The van der Waals surface area contributed by atoms with Gasteiger partial charge in [0.1, 0.15) is 6.26 Å². The van der Waals surface area contributed by atoms with Gasteiger partial charge in [0, 0.05) is 15.9 Å². The summed E-state index contributed by atoms with van der Waals surface area (Å²) in [4.78, 5) is 4.20. The van der Waals surface area contributed by atoms with Crippen LogP contribution in [0.15, 0.2) is 21.7 Å². The lowest BCUT2D eigenvalue weighted by atomic mass is 11.0. The van der Waals surface area contributed by atoms with Gasteiger partial charge in [-0.15, -0.1) is 0 Å². The van der Waals surface area contributed by atoms with Gasteiger partial charge in [0.2, 0.25) is 0 Å². The van der Waals surface area contributed by atoms with Crippen molar-refractivity contribution in [3.63, 3.8) is 0 Å². The van der Waals surface area contributed by atoms with Crippen molar-refractivity contribution in [2.45, 2.75) is 0 Å². The van der Waals surface area contributed by atoms with Crippen LogP contribution < -0.4 is 0 Å². The van der Waals surface area contributed by atoms with Crippen LogP contribution in [0, 0.1) is 0 Å². The normalized spacial score (nSPS) is 8.83. The lowest BCUT2D eigenvalue weighted by Gasteiger charge is -1.64. The Balaban J connectivity index is 3.05. The Morgan fingerprint density at radius 3 is 2.83 bits per heavy atom. The number of oxazole rings is 1. The van der Waals surface area contributed by atoms with E-state index in [2.05, 4.69) is 25.3 Å². The summed E-state index contributed by atoms with van der Waals surface area (Å²) in [5, 5.41) is 0. The first-order valence-corrected chi connectivity index (χ1v) is 2.24. The topological polar surface area (TPSA) is 26.0 Å². The summed E-state index contributed by atoms with van der Waals surface area (Å²) in [6.45, 7) is 0. The minimum atomic E-state index is 0.530. The minimum absolute atomic E-state index is 0.530. The van der Waals surface area contributed by atoms with Crippen LogP contribution in [0.2, 0.25) is 0 Å². The van der Waals surface area contributed by atoms with Gasteiger partial charge in [0.15, 0.2) is 0 Å². The molecule has 0 unspecified atom stereocenters. The van der Waals surface area contributed by atoms with Crippen LogP contribution in [0.4, 0.5) is 0 Å². The van der Waals surface area contributed by atoms with Crippen molar-refractivity contribution in [2.75, 3.05) is 0 Å². The summed E-state index contributed by atoms with van der Waals surface area (Å²) in [5.74, 6) is 0. The maximum atomic E-state index is 4.64. The third-order valence-corrected chi connectivity index (χ3v) is 0.794. The monoisotopic (exact) mass is 147 g/mol. The molecule has 0 spiro atoms. The van der Waals surface area contributed by atoms with Gasteiger partial charge in [-0.3, -0.25) is 0 Å².